The molecule has 0 heterocycles. The maximum atomic E-state index is 12.6. The molecule has 0 radical (unpaired) electrons. The normalized spacial score (nSPS) is 12.3. The minimum atomic E-state index is -4.56. The van der Waals surface area contributed by atoms with Crippen LogP contribution in [-0.4, -0.2) is 0 Å². The average molecular weight is 389 g/mol. The van der Waals surface area contributed by atoms with E-state index in [1.54, 1.807) is 0 Å². The highest BCUT2D eigenvalue weighted by atomic mass is 35.7. The van der Waals surface area contributed by atoms with Gasteiger partial charge in [0.15, 0.2) is 0 Å². The van der Waals surface area contributed by atoms with Gasteiger partial charge in [-0.3, -0.25) is 0 Å². The zero-order valence-electron chi connectivity index (χ0n) is 11.5. The van der Waals surface area contributed by atoms with E-state index in [4.69, 9.17) is 20.3 Å². The fourth-order valence-corrected chi connectivity index (χ4v) is 2.72. The van der Waals surface area contributed by atoms with Gasteiger partial charge in [-0.05, 0) is 47.6 Å². The minimum absolute atomic E-state index is 0.210. The molecule has 2 aromatic carbocycles. The third kappa shape index (κ3) is 5.18. The molecule has 0 amide bonds. The van der Waals surface area contributed by atoms with E-state index in [1.165, 1.54) is 12.1 Å². The number of benzene rings is 2. The summed E-state index contributed by atoms with van der Waals surface area (Å²) in [6, 6.07) is 7.80. The fourth-order valence-electron chi connectivity index (χ4n) is 1.64. The van der Waals surface area contributed by atoms with E-state index < -0.39 is 31.2 Å². The molecular weight excluding hydrogens is 381 g/mol. The molecule has 24 heavy (non-hydrogen) atoms. The molecule has 10 heteroatoms. The van der Waals surface area contributed by atoms with Crippen molar-refractivity contribution in [2.75, 3.05) is 0 Å². The number of hydrogen-bond acceptors (Lipinski definition) is 2. The van der Waals surface area contributed by atoms with Crippen LogP contribution in [0.25, 0.3) is 0 Å². The minimum Gasteiger partial charge on any atom is -0.427 e. The average Bonchev–Trinajstić information content (AvgIpc) is 2.46. The number of halogens is 7. The zero-order chi connectivity index (χ0) is 18.0. The van der Waals surface area contributed by atoms with E-state index in [9.17, 15) is 26.3 Å². The third-order valence-electron chi connectivity index (χ3n) is 2.68. The maximum Gasteiger partial charge on any atom is 0.416 e. The molecule has 0 spiro atoms. The van der Waals surface area contributed by atoms with Gasteiger partial charge in [0, 0.05) is 0 Å². The molecule has 2 aromatic rings. The summed E-state index contributed by atoms with van der Waals surface area (Å²) in [6.07, 6.45) is -9.12. The Morgan fingerprint density at radius 2 is 1.08 bits per heavy atom. The Bertz CT molecular complexity index is 645. The van der Waals surface area contributed by atoms with Gasteiger partial charge in [0.2, 0.25) is 0 Å². The Kier molecular flexibility index (Phi) is 5.50. The van der Waals surface area contributed by atoms with Crippen molar-refractivity contribution in [3.63, 3.8) is 0 Å². The molecule has 0 atom stereocenters. The van der Waals surface area contributed by atoms with Crippen molar-refractivity contribution in [3.8, 4) is 11.5 Å². The first kappa shape index (κ1) is 18.7. The molecular formula is C14H8ClF6O2P. The van der Waals surface area contributed by atoms with E-state index in [-0.39, 0.29) is 11.5 Å². The molecule has 0 saturated heterocycles. The van der Waals surface area contributed by atoms with E-state index in [0.717, 1.165) is 24.3 Å². The van der Waals surface area contributed by atoms with Crippen LogP contribution in [0, 0.1) is 0 Å². The van der Waals surface area contributed by atoms with Crippen LogP contribution in [0.1, 0.15) is 11.1 Å². The van der Waals surface area contributed by atoms with Crippen LogP contribution in [-0.2, 0) is 12.4 Å². The molecule has 0 saturated carbocycles. The van der Waals surface area contributed by atoms with Crippen LogP contribution in [0.15, 0.2) is 48.5 Å². The first-order chi connectivity index (χ1) is 11.1. The van der Waals surface area contributed by atoms with E-state index in [1.807, 2.05) is 0 Å². The zero-order valence-corrected chi connectivity index (χ0v) is 13.2. The molecule has 0 aromatic heterocycles. The molecule has 0 bridgehead atoms. The summed E-state index contributed by atoms with van der Waals surface area (Å²) < 4.78 is 85.5. The second kappa shape index (κ2) is 7.07. The highest BCUT2D eigenvalue weighted by Gasteiger charge is 2.32. The summed E-state index contributed by atoms with van der Waals surface area (Å²) in [4.78, 5) is 0. The molecule has 0 N–H and O–H groups in total. The summed E-state index contributed by atoms with van der Waals surface area (Å²) in [5.74, 6) is -0.421. The van der Waals surface area contributed by atoms with Crippen molar-refractivity contribution in [3.05, 3.63) is 59.7 Å². The molecule has 2 nitrogen and oxygen atoms in total. The van der Waals surface area contributed by atoms with Gasteiger partial charge in [0.05, 0.1) is 11.1 Å². The second-order valence-corrected chi connectivity index (χ2v) is 6.06. The lowest BCUT2D eigenvalue weighted by Crippen LogP contribution is -2.05. The molecule has 2 rings (SSSR count). The van der Waals surface area contributed by atoms with E-state index >= 15 is 0 Å². The molecule has 0 fully saturated rings. The number of alkyl halides is 6. The van der Waals surface area contributed by atoms with Crippen LogP contribution in [0.5, 0.6) is 11.5 Å². The summed E-state index contributed by atoms with van der Waals surface area (Å²) in [6.45, 7) is 0. The van der Waals surface area contributed by atoms with Crippen molar-refractivity contribution < 1.29 is 35.4 Å². The predicted octanol–water partition coefficient (Wildman–Crippen LogP) is 6.65. The van der Waals surface area contributed by atoms with Gasteiger partial charge in [-0.1, -0.05) is 12.1 Å². The van der Waals surface area contributed by atoms with Gasteiger partial charge in [-0.25, -0.2) is 0 Å². The van der Waals surface area contributed by atoms with E-state index in [2.05, 4.69) is 0 Å². The highest BCUT2D eigenvalue weighted by Crippen LogP contribution is 2.46. The first-order valence-electron chi connectivity index (χ1n) is 6.22. The molecule has 130 valence electrons. The second-order valence-electron chi connectivity index (χ2n) is 4.45. The standard InChI is InChI=1S/C14H8ClF6O2P/c15-24(22-11-5-1-3-9(7-11)13(16,17)18)23-12-6-2-4-10(8-12)14(19,20)21/h1-8H. The Morgan fingerprint density at radius 3 is 1.42 bits per heavy atom. The van der Waals surface area contributed by atoms with Crippen LogP contribution in [0.4, 0.5) is 26.3 Å². The van der Waals surface area contributed by atoms with Crippen LogP contribution >= 0.6 is 19.0 Å². The lowest BCUT2D eigenvalue weighted by atomic mass is 10.2. The number of hydrogen-bond donors (Lipinski definition) is 0. The van der Waals surface area contributed by atoms with Crippen molar-refractivity contribution in [1.82, 2.24) is 0 Å². The monoisotopic (exact) mass is 388 g/mol. The quantitative estimate of drug-likeness (QED) is 0.431. The Balaban J connectivity index is 2.08. The molecule has 0 aliphatic carbocycles. The maximum absolute atomic E-state index is 12.6. The van der Waals surface area contributed by atoms with Crippen molar-refractivity contribution in [2.45, 2.75) is 12.4 Å². The lowest BCUT2D eigenvalue weighted by Gasteiger charge is -2.14. The van der Waals surface area contributed by atoms with Gasteiger partial charge in [-0.15, -0.1) is 0 Å². The Morgan fingerprint density at radius 1 is 0.708 bits per heavy atom. The fraction of sp³-hybridized carbons (Fsp3) is 0.143. The Hall–Kier alpha value is -1.66. The Labute approximate surface area is 138 Å². The topological polar surface area (TPSA) is 18.5 Å². The van der Waals surface area contributed by atoms with Crippen molar-refractivity contribution in [1.29, 1.82) is 0 Å². The molecule has 0 aliphatic rings. The van der Waals surface area contributed by atoms with Gasteiger partial charge in [0.1, 0.15) is 11.5 Å². The predicted molar refractivity (Wildman–Crippen MR) is 76.9 cm³/mol. The molecule has 0 unspecified atom stereocenters. The van der Waals surface area contributed by atoms with E-state index in [0.29, 0.717) is 12.1 Å². The van der Waals surface area contributed by atoms with Gasteiger partial charge < -0.3 is 9.05 Å². The summed E-state index contributed by atoms with van der Waals surface area (Å²) >= 11 is 5.74. The van der Waals surface area contributed by atoms with Crippen molar-refractivity contribution in [2.24, 2.45) is 0 Å². The smallest absolute Gasteiger partial charge is 0.416 e. The lowest BCUT2D eigenvalue weighted by molar-refractivity contribution is -0.138. The third-order valence-corrected chi connectivity index (χ3v) is 3.80. The largest absolute Gasteiger partial charge is 0.427 e. The van der Waals surface area contributed by atoms with Crippen LogP contribution in [0.3, 0.4) is 0 Å². The van der Waals surface area contributed by atoms with Gasteiger partial charge in [0.25, 0.3) is 0 Å². The molecule has 0 aliphatic heterocycles. The van der Waals surface area contributed by atoms with Crippen LogP contribution < -0.4 is 9.05 Å². The summed E-state index contributed by atoms with van der Waals surface area (Å²) in [5, 5.41) is 0. The SMILES string of the molecule is FC(F)(F)c1cccc(OP(Cl)Oc2cccc(C(F)(F)F)c2)c1. The summed E-state index contributed by atoms with van der Waals surface area (Å²) in [7, 11) is -2.29. The summed E-state index contributed by atoms with van der Waals surface area (Å²) in [5.41, 5.74) is -1.89. The van der Waals surface area contributed by atoms with Gasteiger partial charge in [-0.2, -0.15) is 26.3 Å². The van der Waals surface area contributed by atoms with Gasteiger partial charge >= 0.3 is 20.1 Å². The van der Waals surface area contributed by atoms with Crippen LogP contribution in [0.2, 0.25) is 0 Å². The van der Waals surface area contributed by atoms with Crippen molar-refractivity contribution >= 4 is 19.0 Å². The first-order valence-corrected chi connectivity index (χ1v) is 8.30. The number of rotatable bonds is 4. The highest BCUT2D eigenvalue weighted by molar-refractivity contribution is 7.76.